The van der Waals surface area contributed by atoms with Crippen molar-refractivity contribution in [2.75, 3.05) is 19.7 Å². The molecule has 2 saturated heterocycles. The molecule has 6 heteroatoms. The number of carboxylic acid groups (broad SMARTS) is 1. The minimum absolute atomic E-state index is 0.0712. The Hall–Kier alpha value is -2.08. The van der Waals surface area contributed by atoms with Crippen molar-refractivity contribution in [1.82, 2.24) is 4.90 Å². The fourth-order valence-electron chi connectivity index (χ4n) is 4.25. The van der Waals surface area contributed by atoms with Crippen LogP contribution in [0.15, 0.2) is 30.3 Å². The van der Waals surface area contributed by atoms with Crippen molar-refractivity contribution in [2.24, 2.45) is 11.8 Å². The highest BCUT2D eigenvalue weighted by Gasteiger charge is 2.55. The molecule has 1 unspecified atom stereocenters. The molecule has 2 atom stereocenters. The van der Waals surface area contributed by atoms with Gasteiger partial charge in [0.05, 0.1) is 12.0 Å². The van der Waals surface area contributed by atoms with Gasteiger partial charge in [0.15, 0.2) is 5.60 Å². The molecule has 2 aliphatic heterocycles. The molecule has 0 spiro atoms. The first kappa shape index (κ1) is 17.3. The average molecular weight is 359 g/mol. The molecule has 6 nitrogen and oxygen atoms in total. The fraction of sp³-hybridized carbons (Fsp3) is 0.600. The number of rotatable bonds is 5. The number of ether oxygens (including phenoxy) is 2. The van der Waals surface area contributed by atoms with Crippen molar-refractivity contribution in [3.8, 4) is 5.75 Å². The summed E-state index contributed by atoms with van der Waals surface area (Å²) in [5, 5.41) is 9.35. The second kappa shape index (κ2) is 6.91. The third kappa shape index (κ3) is 3.30. The number of carboxylic acids is 1. The van der Waals surface area contributed by atoms with E-state index in [0.29, 0.717) is 26.1 Å². The van der Waals surface area contributed by atoms with Gasteiger partial charge in [0.2, 0.25) is 0 Å². The Bertz CT molecular complexity index is 664. The Labute approximate surface area is 153 Å². The number of likely N-dealkylation sites (tertiary alicyclic amines) is 1. The van der Waals surface area contributed by atoms with Gasteiger partial charge >= 0.3 is 5.97 Å². The van der Waals surface area contributed by atoms with E-state index in [9.17, 15) is 14.7 Å². The van der Waals surface area contributed by atoms with Crippen LogP contribution in [0.4, 0.5) is 0 Å². The summed E-state index contributed by atoms with van der Waals surface area (Å²) in [4.78, 5) is 26.2. The molecule has 1 aromatic rings. The van der Waals surface area contributed by atoms with Crippen molar-refractivity contribution in [3.63, 3.8) is 0 Å². The molecule has 1 N–H and O–H groups in total. The summed E-state index contributed by atoms with van der Waals surface area (Å²) in [7, 11) is 0. The molecule has 4 rings (SSSR count). The van der Waals surface area contributed by atoms with E-state index in [4.69, 9.17) is 9.47 Å². The number of piperidine rings is 1. The van der Waals surface area contributed by atoms with Crippen LogP contribution in [0.1, 0.15) is 32.1 Å². The zero-order chi connectivity index (χ0) is 18.1. The Kier molecular flexibility index (Phi) is 4.61. The molecule has 1 saturated carbocycles. The lowest BCUT2D eigenvalue weighted by molar-refractivity contribution is -0.147. The van der Waals surface area contributed by atoms with Crippen LogP contribution in [-0.2, 0) is 14.3 Å². The summed E-state index contributed by atoms with van der Waals surface area (Å²) in [6.07, 6.45) is 3.48. The van der Waals surface area contributed by atoms with Crippen molar-refractivity contribution in [2.45, 2.75) is 43.8 Å². The lowest BCUT2D eigenvalue weighted by atomic mass is 9.84. The van der Waals surface area contributed by atoms with Gasteiger partial charge in [-0.15, -0.1) is 0 Å². The van der Waals surface area contributed by atoms with Crippen molar-refractivity contribution >= 4 is 11.9 Å². The maximum absolute atomic E-state index is 13.0. The molecular weight excluding hydrogens is 334 g/mol. The van der Waals surface area contributed by atoms with Crippen LogP contribution in [0.25, 0.3) is 0 Å². The second-order valence-electron chi connectivity index (χ2n) is 7.61. The normalized spacial score (nSPS) is 27.9. The van der Waals surface area contributed by atoms with Crippen LogP contribution in [0.5, 0.6) is 5.75 Å². The van der Waals surface area contributed by atoms with Crippen LogP contribution in [0.3, 0.4) is 0 Å². The molecule has 26 heavy (non-hydrogen) atoms. The summed E-state index contributed by atoms with van der Waals surface area (Å²) in [5.74, 6) is -0.149. The standard InChI is InChI=1S/C20H25NO5/c22-18(23)16-8-13-25-17(16)14-6-11-21(12-7-14)19(24)20(9-10-20)26-15-4-2-1-3-5-15/h1-5,14,16-17H,6-13H2,(H,22,23)/t16?,17-/m0/s1. The summed E-state index contributed by atoms with van der Waals surface area (Å²) < 4.78 is 11.7. The number of nitrogens with zero attached hydrogens (tertiary/aromatic N) is 1. The maximum atomic E-state index is 13.0. The molecule has 3 aliphatic rings. The average Bonchev–Trinajstić information content (AvgIpc) is 3.26. The molecule has 140 valence electrons. The summed E-state index contributed by atoms with van der Waals surface area (Å²) >= 11 is 0. The smallest absolute Gasteiger partial charge is 0.309 e. The number of carbonyl (C=O) groups is 2. The van der Waals surface area contributed by atoms with E-state index < -0.39 is 17.5 Å². The molecule has 1 aromatic carbocycles. The van der Waals surface area contributed by atoms with Crippen LogP contribution >= 0.6 is 0 Å². The van der Waals surface area contributed by atoms with Gasteiger partial charge < -0.3 is 19.5 Å². The van der Waals surface area contributed by atoms with Gasteiger partial charge in [0.1, 0.15) is 5.75 Å². The SMILES string of the molecule is O=C(O)C1CCO[C@H]1C1CCN(C(=O)C2(Oc3ccccc3)CC2)CC1. The summed E-state index contributed by atoms with van der Waals surface area (Å²) in [6.45, 7) is 1.82. The van der Waals surface area contributed by atoms with Crippen molar-refractivity contribution in [1.29, 1.82) is 0 Å². The molecule has 1 aliphatic carbocycles. The van der Waals surface area contributed by atoms with Gasteiger partial charge in [-0.25, -0.2) is 0 Å². The summed E-state index contributed by atoms with van der Waals surface area (Å²) in [5.41, 5.74) is -0.693. The van der Waals surface area contributed by atoms with Gasteiger partial charge in [-0.05, 0) is 37.3 Å². The quantitative estimate of drug-likeness (QED) is 0.873. The highest BCUT2D eigenvalue weighted by Crippen LogP contribution is 2.43. The van der Waals surface area contributed by atoms with E-state index >= 15 is 0 Å². The number of benzene rings is 1. The van der Waals surface area contributed by atoms with Crippen LogP contribution in [0, 0.1) is 11.8 Å². The lowest BCUT2D eigenvalue weighted by Crippen LogP contribution is -2.49. The molecule has 0 aromatic heterocycles. The van der Waals surface area contributed by atoms with E-state index in [1.165, 1.54) is 0 Å². The van der Waals surface area contributed by atoms with E-state index in [1.54, 1.807) is 0 Å². The molecular formula is C20H25NO5. The minimum Gasteiger partial charge on any atom is -0.481 e. The maximum Gasteiger partial charge on any atom is 0.309 e. The molecule has 1 amide bonds. The lowest BCUT2D eigenvalue weighted by Gasteiger charge is -2.37. The van der Waals surface area contributed by atoms with E-state index in [2.05, 4.69) is 0 Å². The number of amides is 1. The molecule has 0 bridgehead atoms. The first-order valence-electron chi connectivity index (χ1n) is 9.47. The second-order valence-corrected chi connectivity index (χ2v) is 7.61. The van der Waals surface area contributed by atoms with Crippen LogP contribution in [-0.4, -0.2) is 53.3 Å². The minimum atomic E-state index is -0.765. The number of hydrogen-bond acceptors (Lipinski definition) is 4. The highest BCUT2D eigenvalue weighted by molar-refractivity contribution is 5.88. The Morgan fingerprint density at radius 2 is 1.81 bits per heavy atom. The zero-order valence-corrected chi connectivity index (χ0v) is 14.8. The van der Waals surface area contributed by atoms with Crippen molar-refractivity contribution in [3.05, 3.63) is 30.3 Å². The topological polar surface area (TPSA) is 76.1 Å². The van der Waals surface area contributed by atoms with Gasteiger partial charge in [0, 0.05) is 32.5 Å². The largest absolute Gasteiger partial charge is 0.481 e. The first-order chi connectivity index (χ1) is 12.6. The third-order valence-corrected chi connectivity index (χ3v) is 5.89. The van der Waals surface area contributed by atoms with Crippen molar-refractivity contribution < 1.29 is 24.2 Å². The van der Waals surface area contributed by atoms with E-state index in [0.717, 1.165) is 31.4 Å². The highest BCUT2D eigenvalue weighted by atomic mass is 16.5. The molecule has 2 heterocycles. The Balaban J connectivity index is 1.34. The predicted octanol–water partition coefficient (Wildman–Crippen LogP) is 2.33. The first-order valence-corrected chi connectivity index (χ1v) is 9.47. The monoisotopic (exact) mass is 359 g/mol. The number of aliphatic carboxylic acids is 1. The number of carbonyl (C=O) groups excluding carboxylic acids is 1. The predicted molar refractivity (Wildman–Crippen MR) is 93.8 cm³/mol. The fourth-order valence-corrected chi connectivity index (χ4v) is 4.25. The van der Waals surface area contributed by atoms with Crippen LogP contribution < -0.4 is 4.74 Å². The molecule has 3 fully saturated rings. The van der Waals surface area contributed by atoms with Gasteiger partial charge in [-0.2, -0.15) is 0 Å². The number of para-hydroxylation sites is 1. The zero-order valence-electron chi connectivity index (χ0n) is 14.8. The van der Waals surface area contributed by atoms with E-state index in [1.807, 2.05) is 35.2 Å². The van der Waals surface area contributed by atoms with Gasteiger partial charge in [-0.3, -0.25) is 9.59 Å². The summed E-state index contributed by atoms with van der Waals surface area (Å²) in [6, 6.07) is 9.49. The Morgan fingerprint density at radius 3 is 2.42 bits per heavy atom. The number of hydrogen-bond donors (Lipinski definition) is 1. The third-order valence-electron chi connectivity index (χ3n) is 5.89. The van der Waals surface area contributed by atoms with Gasteiger partial charge in [0.25, 0.3) is 5.91 Å². The van der Waals surface area contributed by atoms with Gasteiger partial charge in [-0.1, -0.05) is 18.2 Å². The Morgan fingerprint density at radius 1 is 1.12 bits per heavy atom. The van der Waals surface area contributed by atoms with E-state index in [-0.39, 0.29) is 17.9 Å². The molecule has 0 radical (unpaired) electrons. The van der Waals surface area contributed by atoms with Crippen LogP contribution in [0.2, 0.25) is 0 Å².